The van der Waals surface area contributed by atoms with Crippen LogP contribution in [-0.4, -0.2) is 43.3 Å². The fourth-order valence-electron chi connectivity index (χ4n) is 3.44. The highest BCUT2D eigenvalue weighted by molar-refractivity contribution is 5.67. The van der Waals surface area contributed by atoms with Gasteiger partial charge in [-0.1, -0.05) is 27.7 Å². The summed E-state index contributed by atoms with van der Waals surface area (Å²) >= 11 is 0. The highest BCUT2D eigenvalue weighted by atomic mass is 16.6. The van der Waals surface area contributed by atoms with E-state index in [0.717, 1.165) is 25.9 Å². The number of ether oxygens (including phenoxy) is 1. The summed E-state index contributed by atoms with van der Waals surface area (Å²) < 4.78 is 5.44. The van der Waals surface area contributed by atoms with Crippen molar-refractivity contribution in [3.05, 3.63) is 0 Å². The van der Waals surface area contributed by atoms with Crippen LogP contribution in [0.3, 0.4) is 0 Å². The van der Waals surface area contributed by atoms with Gasteiger partial charge in [0.15, 0.2) is 0 Å². The van der Waals surface area contributed by atoms with E-state index in [1.165, 1.54) is 6.42 Å². The molecular weight excluding hydrogens is 252 g/mol. The second-order valence-corrected chi connectivity index (χ2v) is 7.33. The maximum absolute atomic E-state index is 12.0. The molecule has 3 unspecified atom stereocenters. The average Bonchev–Trinajstić information content (AvgIpc) is 2.24. The zero-order valence-electron chi connectivity index (χ0n) is 14.0. The van der Waals surface area contributed by atoms with Gasteiger partial charge in [0.2, 0.25) is 0 Å². The Morgan fingerprint density at radius 1 is 1.45 bits per heavy atom. The van der Waals surface area contributed by atoms with Crippen molar-refractivity contribution in [2.75, 3.05) is 20.1 Å². The van der Waals surface area contributed by atoms with Gasteiger partial charge in [0.05, 0.1) is 0 Å². The van der Waals surface area contributed by atoms with Gasteiger partial charge in [0.1, 0.15) is 6.10 Å². The quantitative estimate of drug-likeness (QED) is 0.842. The van der Waals surface area contributed by atoms with Crippen LogP contribution in [0.1, 0.15) is 53.9 Å². The van der Waals surface area contributed by atoms with E-state index in [1.807, 2.05) is 14.0 Å². The number of likely N-dealkylation sites (N-methyl/N-ethyl adjacent to an activating group) is 1. The molecule has 0 aromatic carbocycles. The fourth-order valence-corrected chi connectivity index (χ4v) is 3.44. The standard InChI is InChI=1S/C16H32N2O2/c1-7-18(6)11-13(3)20-15(19)17-14-8-12(2)9-16(4,5)10-14/h12-14H,7-11H2,1-6H3,(H,17,19). The Hall–Kier alpha value is -0.770. The molecule has 0 aromatic heterocycles. The zero-order valence-corrected chi connectivity index (χ0v) is 14.0. The van der Waals surface area contributed by atoms with Crippen molar-refractivity contribution < 1.29 is 9.53 Å². The van der Waals surface area contributed by atoms with E-state index in [-0.39, 0.29) is 18.2 Å². The molecule has 1 saturated carbocycles. The molecule has 20 heavy (non-hydrogen) atoms. The first-order valence-corrected chi connectivity index (χ1v) is 7.87. The summed E-state index contributed by atoms with van der Waals surface area (Å²) in [6, 6.07) is 0.248. The summed E-state index contributed by atoms with van der Waals surface area (Å²) in [4.78, 5) is 14.1. The Balaban J connectivity index is 2.38. The first-order chi connectivity index (χ1) is 9.21. The lowest BCUT2D eigenvalue weighted by molar-refractivity contribution is 0.0759. The van der Waals surface area contributed by atoms with Crippen molar-refractivity contribution in [3.8, 4) is 0 Å². The van der Waals surface area contributed by atoms with Gasteiger partial charge < -0.3 is 15.0 Å². The van der Waals surface area contributed by atoms with Gasteiger partial charge in [0.25, 0.3) is 0 Å². The summed E-state index contributed by atoms with van der Waals surface area (Å²) in [5.74, 6) is 0.660. The second-order valence-electron chi connectivity index (χ2n) is 7.33. The molecule has 1 aliphatic rings. The fraction of sp³-hybridized carbons (Fsp3) is 0.938. The molecular formula is C16H32N2O2. The van der Waals surface area contributed by atoms with Crippen molar-refractivity contribution >= 4 is 6.09 Å². The van der Waals surface area contributed by atoms with Gasteiger partial charge in [0, 0.05) is 12.6 Å². The molecule has 0 saturated heterocycles. The van der Waals surface area contributed by atoms with E-state index in [9.17, 15) is 4.79 Å². The molecule has 1 rings (SSSR count). The first-order valence-electron chi connectivity index (χ1n) is 7.87. The molecule has 3 atom stereocenters. The minimum absolute atomic E-state index is 0.0750. The van der Waals surface area contributed by atoms with Crippen molar-refractivity contribution in [2.45, 2.75) is 66.0 Å². The number of carbonyl (C=O) groups is 1. The molecule has 1 N–H and O–H groups in total. The number of nitrogens with one attached hydrogen (secondary N) is 1. The van der Waals surface area contributed by atoms with E-state index < -0.39 is 0 Å². The van der Waals surface area contributed by atoms with Crippen LogP contribution < -0.4 is 5.32 Å². The number of rotatable bonds is 5. The van der Waals surface area contributed by atoms with Crippen molar-refractivity contribution in [1.29, 1.82) is 0 Å². The van der Waals surface area contributed by atoms with Crippen LogP contribution in [0, 0.1) is 11.3 Å². The molecule has 4 heteroatoms. The number of hydrogen-bond donors (Lipinski definition) is 1. The summed E-state index contributed by atoms with van der Waals surface area (Å²) in [6.07, 6.45) is 2.99. The maximum Gasteiger partial charge on any atom is 0.407 e. The Labute approximate surface area is 124 Å². The van der Waals surface area contributed by atoms with Crippen LogP contribution in [0.4, 0.5) is 4.79 Å². The second kappa shape index (κ2) is 7.30. The van der Waals surface area contributed by atoms with E-state index in [0.29, 0.717) is 11.3 Å². The monoisotopic (exact) mass is 284 g/mol. The van der Waals surface area contributed by atoms with Crippen LogP contribution in [0.15, 0.2) is 0 Å². The molecule has 4 nitrogen and oxygen atoms in total. The molecule has 118 valence electrons. The minimum atomic E-state index is -0.267. The normalized spacial score (nSPS) is 27.1. The molecule has 1 amide bonds. The molecule has 0 bridgehead atoms. The topological polar surface area (TPSA) is 41.6 Å². The number of nitrogens with zero attached hydrogens (tertiary/aromatic N) is 1. The highest BCUT2D eigenvalue weighted by Gasteiger charge is 2.33. The van der Waals surface area contributed by atoms with E-state index in [1.54, 1.807) is 0 Å². The summed E-state index contributed by atoms with van der Waals surface area (Å²) in [5, 5.41) is 3.05. The third-order valence-corrected chi connectivity index (χ3v) is 4.13. The molecule has 1 aliphatic carbocycles. The Morgan fingerprint density at radius 3 is 2.65 bits per heavy atom. The van der Waals surface area contributed by atoms with Crippen LogP contribution in [0.5, 0.6) is 0 Å². The van der Waals surface area contributed by atoms with Gasteiger partial charge in [-0.2, -0.15) is 0 Å². The predicted octanol–water partition coefficient (Wildman–Crippen LogP) is 3.27. The zero-order chi connectivity index (χ0) is 15.3. The summed E-state index contributed by atoms with van der Waals surface area (Å²) in [7, 11) is 2.03. The third-order valence-electron chi connectivity index (χ3n) is 4.13. The van der Waals surface area contributed by atoms with E-state index >= 15 is 0 Å². The average molecular weight is 284 g/mol. The number of alkyl carbamates (subject to hydrolysis) is 1. The van der Waals surface area contributed by atoms with Crippen molar-refractivity contribution in [3.63, 3.8) is 0 Å². The Kier molecular flexibility index (Phi) is 6.31. The van der Waals surface area contributed by atoms with Gasteiger partial charge in [-0.25, -0.2) is 4.79 Å². The number of carbonyl (C=O) groups excluding carboxylic acids is 1. The first kappa shape index (κ1) is 17.3. The van der Waals surface area contributed by atoms with Gasteiger partial charge in [-0.05, 0) is 51.1 Å². The molecule has 1 fully saturated rings. The number of hydrogen-bond acceptors (Lipinski definition) is 3. The van der Waals surface area contributed by atoms with Crippen LogP contribution in [-0.2, 0) is 4.74 Å². The smallest absolute Gasteiger partial charge is 0.407 e. The molecule has 0 radical (unpaired) electrons. The molecule has 0 aliphatic heterocycles. The Morgan fingerprint density at radius 2 is 2.10 bits per heavy atom. The molecule has 0 spiro atoms. The van der Waals surface area contributed by atoms with Crippen LogP contribution >= 0.6 is 0 Å². The lowest BCUT2D eigenvalue weighted by Gasteiger charge is -2.39. The lowest BCUT2D eigenvalue weighted by atomic mass is 9.71. The largest absolute Gasteiger partial charge is 0.445 e. The van der Waals surface area contributed by atoms with Gasteiger partial charge >= 0.3 is 6.09 Å². The van der Waals surface area contributed by atoms with E-state index in [2.05, 4.69) is 37.9 Å². The summed E-state index contributed by atoms with van der Waals surface area (Å²) in [5.41, 5.74) is 0.309. The molecule has 0 aromatic rings. The third kappa shape index (κ3) is 6.12. The minimum Gasteiger partial charge on any atom is -0.445 e. The van der Waals surface area contributed by atoms with Crippen molar-refractivity contribution in [2.24, 2.45) is 11.3 Å². The SMILES string of the molecule is CCN(C)CC(C)OC(=O)NC1CC(C)CC(C)(C)C1. The predicted molar refractivity (Wildman–Crippen MR) is 82.8 cm³/mol. The van der Waals surface area contributed by atoms with Gasteiger partial charge in [-0.15, -0.1) is 0 Å². The van der Waals surface area contributed by atoms with Crippen LogP contribution in [0.2, 0.25) is 0 Å². The Bertz CT molecular complexity index is 318. The van der Waals surface area contributed by atoms with Crippen molar-refractivity contribution in [1.82, 2.24) is 10.2 Å². The van der Waals surface area contributed by atoms with E-state index in [4.69, 9.17) is 4.74 Å². The van der Waals surface area contributed by atoms with Crippen LogP contribution in [0.25, 0.3) is 0 Å². The molecule has 0 heterocycles. The summed E-state index contributed by atoms with van der Waals surface area (Å²) in [6.45, 7) is 12.6. The number of amides is 1. The maximum atomic E-state index is 12.0. The highest BCUT2D eigenvalue weighted by Crippen LogP contribution is 2.38. The van der Waals surface area contributed by atoms with Gasteiger partial charge in [-0.3, -0.25) is 0 Å². The lowest BCUT2D eigenvalue weighted by Crippen LogP contribution is -2.44.